The Labute approximate surface area is 123 Å². The first-order chi connectivity index (χ1) is 8.98. The molecule has 0 radical (unpaired) electrons. The van der Waals surface area contributed by atoms with E-state index in [4.69, 9.17) is 4.74 Å². The van der Waals surface area contributed by atoms with Crippen molar-refractivity contribution in [3.63, 3.8) is 0 Å². The van der Waals surface area contributed by atoms with E-state index in [2.05, 4.69) is 15.9 Å². The molecule has 1 aliphatic heterocycles. The van der Waals surface area contributed by atoms with Crippen LogP contribution in [0.5, 0.6) is 0 Å². The van der Waals surface area contributed by atoms with Crippen molar-refractivity contribution in [2.24, 2.45) is 0 Å². The second-order valence-electron chi connectivity index (χ2n) is 5.44. The summed E-state index contributed by atoms with van der Waals surface area (Å²) in [4.78, 5) is 14.5. The Balaban J connectivity index is 2.21. The molecule has 0 spiro atoms. The van der Waals surface area contributed by atoms with Gasteiger partial charge in [0.05, 0.1) is 5.41 Å². The minimum absolute atomic E-state index is 0.193. The molecule has 1 aliphatic rings. The summed E-state index contributed by atoms with van der Waals surface area (Å²) >= 11 is 3.48. The first-order valence-electron chi connectivity index (χ1n) is 6.59. The number of amides is 1. The van der Waals surface area contributed by atoms with Crippen molar-refractivity contribution in [3.05, 3.63) is 28.2 Å². The van der Waals surface area contributed by atoms with Crippen molar-refractivity contribution in [2.45, 2.75) is 32.1 Å². The van der Waals surface area contributed by atoms with Gasteiger partial charge >= 0.3 is 0 Å². The maximum absolute atomic E-state index is 12.5. The molecule has 0 bridgehead atoms. The largest absolute Gasteiger partial charge is 0.385 e. The minimum Gasteiger partial charge on any atom is -0.385 e. The zero-order chi connectivity index (χ0) is 14.0. The number of benzene rings is 1. The van der Waals surface area contributed by atoms with Crippen molar-refractivity contribution in [1.82, 2.24) is 0 Å². The molecule has 1 aromatic carbocycles. The minimum atomic E-state index is -0.419. The van der Waals surface area contributed by atoms with E-state index in [-0.39, 0.29) is 5.91 Å². The van der Waals surface area contributed by atoms with E-state index in [0.29, 0.717) is 0 Å². The van der Waals surface area contributed by atoms with Crippen LogP contribution in [-0.4, -0.2) is 26.2 Å². The molecule has 0 N–H and O–H groups in total. The lowest BCUT2D eigenvalue weighted by molar-refractivity contribution is -0.122. The van der Waals surface area contributed by atoms with E-state index in [1.165, 1.54) is 0 Å². The fourth-order valence-corrected chi connectivity index (χ4v) is 2.91. The highest BCUT2D eigenvalue weighted by Gasteiger charge is 2.43. The number of rotatable bonds is 5. The van der Waals surface area contributed by atoms with E-state index in [9.17, 15) is 4.79 Å². The van der Waals surface area contributed by atoms with E-state index < -0.39 is 5.41 Å². The predicted molar refractivity (Wildman–Crippen MR) is 80.6 cm³/mol. The van der Waals surface area contributed by atoms with Gasteiger partial charge in [-0.25, -0.2) is 0 Å². The van der Waals surface area contributed by atoms with Crippen LogP contribution in [0, 0.1) is 0 Å². The average molecular weight is 326 g/mol. The van der Waals surface area contributed by atoms with Crippen LogP contribution in [0.3, 0.4) is 0 Å². The first kappa shape index (κ1) is 14.5. The summed E-state index contributed by atoms with van der Waals surface area (Å²) in [5, 5.41) is 0. The van der Waals surface area contributed by atoms with Crippen LogP contribution in [0.15, 0.2) is 22.7 Å². The summed E-state index contributed by atoms with van der Waals surface area (Å²) in [5.41, 5.74) is 1.74. The molecule has 3 nitrogen and oxygen atoms in total. The average Bonchev–Trinajstić information content (AvgIpc) is 2.54. The monoisotopic (exact) mass is 325 g/mol. The number of anilines is 1. The Bertz CT molecular complexity index is 485. The number of unbranched alkanes of at least 4 members (excludes halogenated alkanes) is 1. The van der Waals surface area contributed by atoms with Crippen molar-refractivity contribution in [3.8, 4) is 0 Å². The van der Waals surface area contributed by atoms with Crippen LogP contribution in [0.1, 0.15) is 32.3 Å². The standard InChI is InChI=1S/C15H20BrNO2/c1-15(2)12-7-6-11(16)10-13(12)17(14(15)18)8-4-5-9-19-3/h6-7,10H,4-5,8-9H2,1-3H3. The molecule has 0 fully saturated rings. The Morgan fingerprint density at radius 1 is 1.32 bits per heavy atom. The fraction of sp³-hybridized carbons (Fsp3) is 0.533. The first-order valence-corrected chi connectivity index (χ1v) is 7.38. The highest BCUT2D eigenvalue weighted by Crippen LogP contribution is 2.42. The summed E-state index contributed by atoms with van der Waals surface area (Å²) in [7, 11) is 1.70. The summed E-state index contributed by atoms with van der Waals surface area (Å²) in [6, 6.07) is 6.09. The van der Waals surface area contributed by atoms with Crippen molar-refractivity contribution < 1.29 is 9.53 Å². The van der Waals surface area contributed by atoms with Gasteiger partial charge in [0.25, 0.3) is 0 Å². The third-order valence-electron chi connectivity index (χ3n) is 3.68. The van der Waals surface area contributed by atoms with E-state index in [1.807, 2.05) is 36.9 Å². The molecule has 104 valence electrons. The van der Waals surface area contributed by atoms with Gasteiger partial charge in [0.15, 0.2) is 0 Å². The lowest BCUT2D eigenvalue weighted by Gasteiger charge is -2.20. The number of methoxy groups -OCH3 is 1. The number of halogens is 1. The van der Waals surface area contributed by atoms with Gasteiger partial charge in [-0.1, -0.05) is 22.0 Å². The molecule has 19 heavy (non-hydrogen) atoms. The maximum atomic E-state index is 12.5. The van der Waals surface area contributed by atoms with Crippen molar-refractivity contribution in [1.29, 1.82) is 0 Å². The molecular weight excluding hydrogens is 306 g/mol. The molecule has 0 unspecified atom stereocenters. The van der Waals surface area contributed by atoms with Gasteiger partial charge in [-0.2, -0.15) is 0 Å². The summed E-state index contributed by atoms with van der Waals surface area (Å²) < 4.78 is 6.06. The lowest BCUT2D eigenvalue weighted by Crippen LogP contribution is -2.36. The van der Waals surface area contributed by atoms with Crippen LogP contribution in [0.25, 0.3) is 0 Å². The Hall–Kier alpha value is -0.870. The Morgan fingerprint density at radius 2 is 2.05 bits per heavy atom. The highest BCUT2D eigenvalue weighted by molar-refractivity contribution is 9.10. The van der Waals surface area contributed by atoms with E-state index in [0.717, 1.165) is 41.7 Å². The highest BCUT2D eigenvalue weighted by atomic mass is 79.9. The molecule has 0 saturated carbocycles. The number of fused-ring (bicyclic) bond motifs is 1. The van der Waals surface area contributed by atoms with Crippen LogP contribution in [-0.2, 0) is 14.9 Å². The molecule has 2 rings (SSSR count). The van der Waals surface area contributed by atoms with E-state index in [1.54, 1.807) is 7.11 Å². The topological polar surface area (TPSA) is 29.5 Å². The molecule has 0 saturated heterocycles. The van der Waals surface area contributed by atoms with Crippen LogP contribution in [0.2, 0.25) is 0 Å². The fourth-order valence-electron chi connectivity index (χ4n) is 2.56. The number of hydrogen-bond acceptors (Lipinski definition) is 2. The molecule has 1 aromatic rings. The molecule has 0 atom stereocenters. The number of carbonyl (C=O) groups excluding carboxylic acids is 1. The molecule has 0 aliphatic carbocycles. The zero-order valence-electron chi connectivity index (χ0n) is 11.7. The molecule has 4 heteroatoms. The number of ether oxygens (including phenoxy) is 1. The molecular formula is C15H20BrNO2. The van der Waals surface area contributed by atoms with Gasteiger partial charge in [0, 0.05) is 30.4 Å². The maximum Gasteiger partial charge on any atom is 0.237 e. The number of carbonyl (C=O) groups is 1. The van der Waals surface area contributed by atoms with Crippen LogP contribution >= 0.6 is 15.9 Å². The summed E-state index contributed by atoms with van der Waals surface area (Å²) in [6.07, 6.45) is 1.94. The van der Waals surface area contributed by atoms with Crippen molar-refractivity contribution >= 4 is 27.5 Å². The predicted octanol–water partition coefficient (Wildman–Crippen LogP) is 3.50. The van der Waals surface area contributed by atoms with Gasteiger partial charge in [0.2, 0.25) is 5.91 Å². The summed E-state index contributed by atoms with van der Waals surface area (Å²) in [5.74, 6) is 0.193. The SMILES string of the molecule is COCCCCN1C(=O)C(C)(C)c2ccc(Br)cc21. The van der Waals surface area contributed by atoms with E-state index >= 15 is 0 Å². The van der Waals surface area contributed by atoms with Gasteiger partial charge < -0.3 is 9.64 Å². The van der Waals surface area contributed by atoms with Gasteiger partial charge in [0.1, 0.15) is 0 Å². The number of hydrogen-bond donors (Lipinski definition) is 0. The zero-order valence-corrected chi connectivity index (χ0v) is 13.3. The van der Waals surface area contributed by atoms with Crippen molar-refractivity contribution in [2.75, 3.05) is 25.2 Å². The number of nitrogens with zero attached hydrogens (tertiary/aromatic N) is 1. The lowest BCUT2D eigenvalue weighted by atomic mass is 9.86. The molecule has 1 amide bonds. The summed E-state index contributed by atoms with van der Waals surface area (Å²) in [6.45, 7) is 5.50. The smallest absolute Gasteiger partial charge is 0.237 e. The molecule has 0 aromatic heterocycles. The Kier molecular flexibility index (Phi) is 4.31. The third kappa shape index (κ3) is 2.70. The van der Waals surface area contributed by atoms with Crippen LogP contribution in [0.4, 0.5) is 5.69 Å². The third-order valence-corrected chi connectivity index (χ3v) is 4.18. The normalized spacial score (nSPS) is 16.8. The Morgan fingerprint density at radius 3 is 2.74 bits per heavy atom. The molecule has 1 heterocycles. The van der Waals surface area contributed by atoms with Gasteiger partial charge in [-0.3, -0.25) is 4.79 Å². The second kappa shape index (κ2) is 5.63. The second-order valence-corrected chi connectivity index (χ2v) is 6.36. The van der Waals surface area contributed by atoms with Gasteiger partial charge in [-0.05, 0) is 44.4 Å². The van der Waals surface area contributed by atoms with Gasteiger partial charge in [-0.15, -0.1) is 0 Å². The van der Waals surface area contributed by atoms with Crippen LogP contribution < -0.4 is 4.90 Å². The quantitative estimate of drug-likeness (QED) is 0.775.